The summed E-state index contributed by atoms with van der Waals surface area (Å²) in [5.74, 6) is 2.64. The molecular formula is C30H36FN5O. The number of nitrogens with zero attached hydrogens (tertiary/aromatic N) is 5. The summed E-state index contributed by atoms with van der Waals surface area (Å²) in [5, 5.41) is 0. The van der Waals surface area contributed by atoms with Gasteiger partial charge in [-0.2, -0.15) is 0 Å². The van der Waals surface area contributed by atoms with E-state index in [0.717, 1.165) is 68.7 Å². The Labute approximate surface area is 219 Å². The maximum Gasteiger partial charge on any atom is 0.144 e. The summed E-state index contributed by atoms with van der Waals surface area (Å²) in [4.78, 5) is 18.8. The van der Waals surface area contributed by atoms with E-state index in [9.17, 15) is 4.39 Å². The molecule has 0 bridgehead atoms. The van der Waals surface area contributed by atoms with Crippen LogP contribution in [-0.4, -0.2) is 54.5 Å². The third-order valence-electron chi connectivity index (χ3n) is 7.05. The molecule has 2 aromatic carbocycles. The minimum atomic E-state index is -0.350. The van der Waals surface area contributed by atoms with Crippen molar-refractivity contribution in [1.82, 2.24) is 14.9 Å². The highest BCUT2D eigenvalue weighted by atomic mass is 19.1. The molecule has 1 aromatic heterocycles. The molecule has 0 amide bonds. The lowest BCUT2D eigenvalue weighted by Crippen LogP contribution is -2.29. The maximum atomic E-state index is 13.2. The number of hydrogen-bond donors (Lipinski definition) is 0. The van der Waals surface area contributed by atoms with Crippen LogP contribution in [0.25, 0.3) is 11.1 Å². The SMILES string of the molecule is CC1=Nc2cc(-c3cc(C)c4c(c3)CN(c3nc(CN(C)C)nc(C)c3CCCF)CCO4)ccc2C1. The molecule has 0 spiro atoms. The van der Waals surface area contributed by atoms with E-state index >= 15 is 0 Å². The van der Waals surface area contributed by atoms with Crippen molar-refractivity contribution < 1.29 is 9.13 Å². The Kier molecular flexibility index (Phi) is 7.24. The first-order valence-corrected chi connectivity index (χ1v) is 13.1. The van der Waals surface area contributed by atoms with Crippen molar-refractivity contribution in [3.8, 4) is 16.9 Å². The molecule has 194 valence electrons. The van der Waals surface area contributed by atoms with Crippen LogP contribution >= 0.6 is 0 Å². The van der Waals surface area contributed by atoms with E-state index in [-0.39, 0.29) is 6.67 Å². The summed E-state index contributed by atoms with van der Waals surface area (Å²) >= 11 is 0. The molecule has 2 aliphatic heterocycles. The summed E-state index contributed by atoms with van der Waals surface area (Å²) in [6, 6.07) is 11.0. The molecule has 7 heteroatoms. The predicted octanol–water partition coefficient (Wildman–Crippen LogP) is 5.77. The number of alkyl halides is 1. The highest BCUT2D eigenvalue weighted by molar-refractivity contribution is 5.93. The number of halogens is 1. The Morgan fingerprint density at radius 2 is 1.86 bits per heavy atom. The van der Waals surface area contributed by atoms with E-state index in [1.807, 2.05) is 21.0 Å². The van der Waals surface area contributed by atoms with Crippen LogP contribution in [0.4, 0.5) is 15.9 Å². The number of anilines is 1. The number of aryl methyl sites for hydroxylation is 2. The van der Waals surface area contributed by atoms with Crippen molar-refractivity contribution in [3.05, 3.63) is 64.1 Å². The Morgan fingerprint density at radius 3 is 2.65 bits per heavy atom. The fourth-order valence-electron chi connectivity index (χ4n) is 5.37. The fraction of sp³-hybridized carbons (Fsp3) is 0.433. The molecule has 0 atom stereocenters. The average molecular weight is 502 g/mol. The molecule has 3 heterocycles. The molecule has 0 unspecified atom stereocenters. The summed E-state index contributed by atoms with van der Waals surface area (Å²) in [7, 11) is 4.03. The van der Waals surface area contributed by atoms with E-state index in [1.54, 1.807) is 0 Å². The van der Waals surface area contributed by atoms with Gasteiger partial charge in [-0.3, -0.25) is 9.38 Å². The summed E-state index contributed by atoms with van der Waals surface area (Å²) in [6.45, 7) is 8.46. The number of ether oxygens (including phenoxy) is 1. The van der Waals surface area contributed by atoms with Gasteiger partial charge in [0.05, 0.1) is 25.5 Å². The monoisotopic (exact) mass is 501 g/mol. The van der Waals surface area contributed by atoms with Crippen LogP contribution in [0.1, 0.15) is 47.1 Å². The van der Waals surface area contributed by atoms with Crippen LogP contribution in [0.2, 0.25) is 0 Å². The molecule has 37 heavy (non-hydrogen) atoms. The van der Waals surface area contributed by atoms with Gasteiger partial charge in [0.25, 0.3) is 0 Å². The Balaban J connectivity index is 1.53. The standard InChI is InChI=1S/C30H36FN5O/c1-19-13-24(22-8-9-23-14-20(2)32-27(23)16-22)15-25-17-36(11-12-37-29(19)25)30-26(7-6-10-31)21(3)33-28(34-30)18-35(4)5/h8-9,13,15-16H,6-7,10-12,14,17-18H2,1-5H3. The van der Waals surface area contributed by atoms with E-state index in [0.29, 0.717) is 39.1 Å². The second-order valence-corrected chi connectivity index (χ2v) is 10.5. The molecule has 5 rings (SSSR count). The molecule has 0 saturated carbocycles. The summed E-state index contributed by atoms with van der Waals surface area (Å²) < 4.78 is 19.4. The molecular weight excluding hydrogens is 465 g/mol. The van der Waals surface area contributed by atoms with Crippen molar-refractivity contribution in [3.63, 3.8) is 0 Å². The Morgan fingerprint density at radius 1 is 1.03 bits per heavy atom. The largest absolute Gasteiger partial charge is 0.491 e. The van der Waals surface area contributed by atoms with Crippen LogP contribution in [0.15, 0.2) is 35.3 Å². The topological polar surface area (TPSA) is 53.9 Å². The fourth-order valence-corrected chi connectivity index (χ4v) is 5.37. The Bertz CT molecular complexity index is 1350. The number of hydrogen-bond acceptors (Lipinski definition) is 6. The zero-order valence-corrected chi connectivity index (χ0v) is 22.6. The van der Waals surface area contributed by atoms with Crippen LogP contribution in [-0.2, 0) is 25.9 Å². The number of benzene rings is 2. The number of fused-ring (bicyclic) bond motifs is 2. The molecule has 0 radical (unpaired) electrons. The van der Waals surface area contributed by atoms with Gasteiger partial charge in [-0.15, -0.1) is 0 Å². The Hall–Kier alpha value is -3.32. The summed E-state index contributed by atoms with van der Waals surface area (Å²) in [6.07, 6.45) is 2.02. The van der Waals surface area contributed by atoms with Crippen molar-refractivity contribution in [2.24, 2.45) is 4.99 Å². The molecule has 0 N–H and O–H groups in total. The smallest absolute Gasteiger partial charge is 0.144 e. The maximum absolute atomic E-state index is 13.2. The third-order valence-corrected chi connectivity index (χ3v) is 7.05. The lowest BCUT2D eigenvalue weighted by Gasteiger charge is -2.26. The lowest BCUT2D eigenvalue weighted by molar-refractivity contribution is 0.329. The van der Waals surface area contributed by atoms with E-state index < -0.39 is 0 Å². The zero-order chi connectivity index (χ0) is 26.1. The first-order chi connectivity index (χ1) is 17.8. The zero-order valence-electron chi connectivity index (χ0n) is 22.6. The van der Waals surface area contributed by atoms with Crippen LogP contribution in [0.5, 0.6) is 5.75 Å². The van der Waals surface area contributed by atoms with E-state index in [4.69, 9.17) is 19.7 Å². The second kappa shape index (κ2) is 10.6. The number of aliphatic imine (C=N–C) groups is 1. The van der Waals surface area contributed by atoms with Crippen molar-refractivity contribution in [1.29, 1.82) is 0 Å². The van der Waals surface area contributed by atoms with Crippen molar-refractivity contribution >= 4 is 17.2 Å². The van der Waals surface area contributed by atoms with E-state index in [1.165, 1.54) is 5.56 Å². The highest BCUT2D eigenvalue weighted by Gasteiger charge is 2.24. The van der Waals surface area contributed by atoms with Gasteiger partial charge in [-0.1, -0.05) is 12.1 Å². The highest BCUT2D eigenvalue weighted by Crippen LogP contribution is 2.37. The average Bonchev–Trinajstić information content (AvgIpc) is 3.08. The van der Waals surface area contributed by atoms with Gasteiger partial charge in [-0.05, 0) is 88.2 Å². The van der Waals surface area contributed by atoms with Gasteiger partial charge in [0.1, 0.15) is 24.0 Å². The molecule has 3 aromatic rings. The van der Waals surface area contributed by atoms with Gasteiger partial charge >= 0.3 is 0 Å². The lowest BCUT2D eigenvalue weighted by atomic mass is 9.97. The van der Waals surface area contributed by atoms with E-state index in [2.05, 4.69) is 54.0 Å². The van der Waals surface area contributed by atoms with Gasteiger partial charge < -0.3 is 14.5 Å². The minimum absolute atomic E-state index is 0.350. The van der Waals surface area contributed by atoms with Crippen molar-refractivity contribution in [2.75, 3.05) is 38.8 Å². The van der Waals surface area contributed by atoms with Gasteiger partial charge in [0.2, 0.25) is 0 Å². The van der Waals surface area contributed by atoms with Gasteiger partial charge in [0, 0.05) is 35.5 Å². The molecule has 0 saturated heterocycles. The molecule has 2 aliphatic rings. The van der Waals surface area contributed by atoms with Crippen molar-refractivity contribution in [2.45, 2.75) is 53.1 Å². The second-order valence-electron chi connectivity index (χ2n) is 10.5. The molecule has 0 fully saturated rings. The third kappa shape index (κ3) is 5.37. The molecule has 6 nitrogen and oxygen atoms in total. The molecule has 0 aliphatic carbocycles. The van der Waals surface area contributed by atoms with Crippen LogP contribution in [0, 0.1) is 13.8 Å². The number of rotatable bonds is 7. The van der Waals surface area contributed by atoms with Gasteiger partial charge in [-0.25, -0.2) is 9.97 Å². The quantitative estimate of drug-likeness (QED) is 0.411. The normalized spacial score (nSPS) is 14.8. The first kappa shape index (κ1) is 25.3. The number of aromatic nitrogens is 2. The minimum Gasteiger partial charge on any atom is -0.491 e. The van der Waals surface area contributed by atoms with Crippen LogP contribution in [0.3, 0.4) is 0 Å². The van der Waals surface area contributed by atoms with Gasteiger partial charge in [0.15, 0.2) is 0 Å². The van der Waals surface area contributed by atoms with Crippen LogP contribution < -0.4 is 9.64 Å². The first-order valence-electron chi connectivity index (χ1n) is 13.1. The predicted molar refractivity (Wildman–Crippen MR) is 148 cm³/mol. The summed E-state index contributed by atoms with van der Waals surface area (Å²) in [5.41, 5.74) is 10.1.